The lowest BCUT2D eigenvalue weighted by Gasteiger charge is -2.41. The van der Waals surface area contributed by atoms with Gasteiger partial charge in [-0.05, 0) is 33.1 Å². The van der Waals surface area contributed by atoms with Crippen molar-refractivity contribution in [3.8, 4) is 0 Å². The van der Waals surface area contributed by atoms with Crippen LogP contribution in [0.5, 0.6) is 0 Å². The standard InChI is InChI=1S/C14H25N3O2/c1-6-11-7-14(9-15-8-11,16-10(2)18)12(19)17-13(3,4)5/h6,11,15H,1,7-9H2,2-5H3,(H,16,18)(H,17,19)/t11-,14+/m1/s1. The van der Waals surface area contributed by atoms with Gasteiger partial charge in [0.05, 0.1) is 0 Å². The van der Waals surface area contributed by atoms with Gasteiger partial charge in [0.25, 0.3) is 0 Å². The summed E-state index contributed by atoms with van der Waals surface area (Å²) in [5.74, 6) is -0.170. The number of carbonyl (C=O) groups excluding carboxylic acids is 2. The van der Waals surface area contributed by atoms with Crippen LogP contribution in [0.3, 0.4) is 0 Å². The van der Waals surface area contributed by atoms with Crippen LogP contribution < -0.4 is 16.0 Å². The maximum absolute atomic E-state index is 12.5. The first-order valence-electron chi connectivity index (χ1n) is 6.63. The van der Waals surface area contributed by atoms with Crippen LogP contribution in [0, 0.1) is 5.92 Å². The zero-order valence-corrected chi connectivity index (χ0v) is 12.3. The lowest BCUT2D eigenvalue weighted by atomic mass is 9.82. The normalized spacial score (nSPS) is 27.5. The third-order valence-corrected chi connectivity index (χ3v) is 3.12. The van der Waals surface area contributed by atoms with E-state index in [2.05, 4.69) is 22.5 Å². The third kappa shape index (κ3) is 4.35. The van der Waals surface area contributed by atoms with Gasteiger partial charge in [-0.1, -0.05) is 6.08 Å². The van der Waals surface area contributed by atoms with Gasteiger partial charge in [-0.2, -0.15) is 0 Å². The molecule has 2 atom stereocenters. The molecule has 1 aliphatic heterocycles. The number of nitrogens with one attached hydrogen (secondary N) is 3. The molecule has 1 saturated heterocycles. The summed E-state index contributed by atoms with van der Waals surface area (Å²) in [7, 11) is 0. The van der Waals surface area contributed by atoms with Crippen LogP contribution >= 0.6 is 0 Å². The number of carbonyl (C=O) groups is 2. The summed E-state index contributed by atoms with van der Waals surface area (Å²) in [6, 6.07) is 0. The molecule has 1 fully saturated rings. The average Bonchev–Trinajstić information content (AvgIpc) is 2.26. The second-order valence-corrected chi connectivity index (χ2v) is 6.30. The number of hydrogen-bond donors (Lipinski definition) is 3. The first-order valence-corrected chi connectivity index (χ1v) is 6.63. The van der Waals surface area contributed by atoms with Crippen molar-refractivity contribution in [3.63, 3.8) is 0 Å². The summed E-state index contributed by atoms with van der Waals surface area (Å²) in [6.45, 7) is 12.2. The Labute approximate surface area is 115 Å². The fraction of sp³-hybridized carbons (Fsp3) is 0.714. The van der Waals surface area contributed by atoms with Crippen LogP contribution in [0.25, 0.3) is 0 Å². The van der Waals surface area contributed by atoms with E-state index in [-0.39, 0.29) is 23.3 Å². The zero-order valence-electron chi connectivity index (χ0n) is 12.3. The number of piperidine rings is 1. The lowest BCUT2D eigenvalue weighted by Crippen LogP contribution is -2.68. The molecular formula is C14H25N3O2. The Kier molecular flexibility index (Phi) is 4.74. The van der Waals surface area contributed by atoms with Gasteiger partial charge >= 0.3 is 0 Å². The molecular weight excluding hydrogens is 242 g/mol. The fourth-order valence-corrected chi connectivity index (χ4v) is 2.35. The second-order valence-electron chi connectivity index (χ2n) is 6.30. The van der Waals surface area contributed by atoms with Gasteiger partial charge in [-0.25, -0.2) is 0 Å². The maximum atomic E-state index is 12.5. The molecule has 19 heavy (non-hydrogen) atoms. The largest absolute Gasteiger partial charge is 0.349 e. The minimum Gasteiger partial charge on any atom is -0.349 e. The van der Waals surface area contributed by atoms with Gasteiger partial charge in [0.1, 0.15) is 5.54 Å². The van der Waals surface area contributed by atoms with Crippen molar-refractivity contribution in [2.75, 3.05) is 13.1 Å². The molecule has 0 bridgehead atoms. The first kappa shape index (κ1) is 15.7. The molecule has 3 N–H and O–H groups in total. The van der Waals surface area contributed by atoms with E-state index in [1.165, 1.54) is 6.92 Å². The van der Waals surface area contributed by atoms with E-state index in [4.69, 9.17) is 0 Å². The van der Waals surface area contributed by atoms with Crippen LogP contribution in [0.4, 0.5) is 0 Å². The first-order chi connectivity index (χ1) is 8.68. The fourth-order valence-electron chi connectivity index (χ4n) is 2.35. The molecule has 5 nitrogen and oxygen atoms in total. The van der Waals surface area contributed by atoms with Crippen molar-refractivity contribution in [2.24, 2.45) is 5.92 Å². The topological polar surface area (TPSA) is 70.2 Å². The second kappa shape index (κ2) is 5.74. The zero-order chi connectivity index (χ0) is 14.7. The van der Waals surface area contributed by atoms with Crippen molar-refractivity contribution in [1.29, 1.82) is 0 Å². The summed E-state index contributed by atoms with van der Waals surface area (Å²) in [5, 5.41) is 8.97. The molecule has 0 saturated carbocycles. The summed E-state index contributed by atoms with van der Waals surface area (Å²) in [6.07, 6.45) is 2.40. The number of amides is 2. The van der Waals surface area contributed by atoms with Crippen molar-refractivity contribution >= 4 is 11.8 Å². The van der Waals surface area contributed by atoms with E-state index in [0.29, 0.717) is 13.0 Å². The van der Waals surface area contributed by atoms with Crippen molar-refractivity contribution in [3.05, 3.63) is 12.7 Å². The van der Waals surface area contributed by atoms with E-state index >= 15 is 0 Å². The molecule has 0 aromatic carbocycles. The summed E-state index contributed by atoms with van der Waals surface area (Å²) in [4.78, 5) is 24.0. The van der Waals surface area contributed by atoms with Crippen molar-refractivity contribution in [1.82, 2.24) is 16.0 Å². The monoisotopic (exact) mass is 267 g/mol. The Morgan fingerprint density at radius 2 is 2.05 bits per heavy atom. The van der Waals surface area contributed by atoms with E-state index in [9.17, 15) is 9.59 Å². The molecule has 0 aliphatic carbocycles. The van der Waals surface area contributed by atoms with Gasteiger partial charge in [-0.3, -0.25) is 9.59 Å². The van der Waals surface area contributed by atoms with Gasteiger partial charge in [0.15, 0.2) is 0 Å². The van der Waals surface area contributed by atoms with Gasteiger partial charge < -0.3 is 16.0 Å². The molecule has 2 amide bonds. The number of hydrogen-bond acceptors (Lipinski definition) is 3. The van der Waals surface area contributed by atoms with Crippen LogP contribution in [0.15, 0.2) is 12.7 Å². The highest BCUT2D eigenvalue weighted by Gasteiger charge is 2.43. The molecule has 0 unspecified atom stereocenters. The van der Waals surface area contributed by atoms with E-state index in [0.717, 1.165) is 6.54 Å². The molecule has 0 aromatic rings. The Bertz CT molecular complexity index is 373. The van der Waals surface area contributed by atoms with E-state index < -0.39 is 5.54 Å². The quantitative estimate of drug-likeness (QED) is 0.655. The molecule has 5 heteroatoms. The predicted octanol–water partition coefficient (Wildman–Crippen LogP) is 0.572. The van der Waals surface area contributed by atoms with Crippen LogP contribution in [-0.2, 0) is 9.59 Å². The minimum absolute atomic E-state index is 0.144. The molecule has 0 aromatic heterocycles. The van der Waals surface area contributed by atoms with Crippen LogP contribution in [0.2, 0.25) is 0 Å². The predicted molar refractivity (Wildman–Crippen MR) is 75.6 cm³/mol. The minimum atomic E-state index is -0.893. The lowest BCUT2D eigenvalue weighted by molar-refractivity contribution is -0.135. The Morgan fingerprint density at radius 1 is 1.42 bits per heavy atom. The Balaban J connectivity index is 2.95. The highest BCUT2D eigenvalue weighted by atomic mass is 16.2. The summed E-state index contributed by atoms with van der Waals surface area (Å²) >= 11 is 0. The van der Waals surface area contributed by atoms with E-state index in [1.807, 2.05) is 26.8 Å². The molecule has 0 radical (unpaired) electrons. The van der Waals surface area contributed by atoms with Gasteiger partial charge in [-0.15, -0.1) is 6.58 Å². The summed E-state index contributed by atoms with van der Waals surface area (Å²) < 4.78 is 0. The van der Waals surface area contributed by atoms with Gasteiger partial charge in [0.2, 0.25) is 11.8 Å². The summed E-state index contributed by atoms with van der Waals surface area (Å²) in [5.41, 5.74) is -1.22. The Hall–Kier alpha value is -1.36. The SMILES string of the molecule is C=C[C@H]1CNC[C@](NC(C)=O)(C(=O)NC(C)(C)C)C1. The molecule has 1 aliphatic rings. The third-order valence-electron chi connectivity index (χ3n) is 3.12. The molecule has 0 spiro atoms. The highest BCUT2D eigenvalue weighted by Crippen LogP contribution is 2.23. The highest BCUT2D eigenvalue weighted by molar-refractivity contribution is 5.91. The van der Waals surface area contributed by atoms with E-state index in [1.54, 1.807) is 0 Å². The molecule has 1 rings (SSSR count). The smallest absolute Gasteiger partial charge is 0.247 e. The Morgan fingerprint density at radius 3 is 2.53 bits per heavy atom. The number of rotatable bonds is 3. The maximum Gasteiger partial charge on any atom is 0.247 e. The molecule has 1 heterocycles. The molecule has 108 valence electrons. The van der Waals surface area contributed by atoms with Crippen LogP contribution in [0.1, 0.15) is 34.1 Å². The average molecular weight is 267 g/mol. The van der Waals surface area contributed by atoms with Crippen molar-refractivity contribution in [2.45, 2.75) is 45.2 Å². The van der Waals surface area contributed by atoms with Gasteiger partial charge in [0, 0.05) is 25.6 Å². The van der Waals surface area contributed by atoms with Crippen LogP contribution in [-0.4, -0.2) is 36.0 Å². The van der Waals surface area contributed by atoms with Crippen molar-refractivity contribution < 1.29 is 9.59 Å².